The van der Waals surface area contributed by atoms with Gasteiger partial charge in [-0.2, -0.15) is 4.31 Å². The summed E-state index contributed by atoms with van der Waals surface area (Å²) in [6.45, 7) is 6.22. The Hall–Kier alpha value is -2.48. The quantitative estimate of drug-likeness (QED) is 0.650. The number of benzene rings is 2. The third-order valence-corrected chi connectivity index (χ3v) is 8.57. The summed E-state index contributed by atoms with van der Waals surface area (Å²) in [4.78, 5) is 17.5. The molecule has 0 bridgehead atoms. The molecule has 2 saturated heterocycles. The lowest BCUT2D eigenvalue weighted by Crippen LogP contribution is -2.48. The van der Waals surface area contributed by atoms with Crippen LogP contribution in [0.1, 0.15) is 42.1 Å². The second kappa shape index (κ2) is 10.6. The predicted octanol–water partition coefficient (Wildman–Crippen LogP) is 3.72. The Morgan fingerprint density at radius 2 is 1.73 bits per heavy atom. The number of amides is 1. The second-order valence-corrected chi connectivity index (χ2v) is 10.8. The molecule has 2 aliphatic heterocycles. The molecular weight excluding hydrogens is 434 g/mol. The van der Waals surface area contributed by atoms with E-state index in [0.29, 0.717) is 25.2 Å². The molecule has 33 heavy (non-hydrogen) atoms. The van der Waals surface area contributed by atoms with E-state index in [9.17, 15) is 13.2 Å². The third-order valence-electron chi connectivity index (χ3n) is 6.56. The second-order valence-electron chi connectivity index (χ2n) is 8.89. The molecule has 0 N–H and O–H groups in total. The summed E-state index contributed by atoms with van der Waals surface area (Å²) in [5.41, 5.74) is 1.62. The van der Waals surface area contributed by atoms with Gasteiger partial charge in [0.15, 0.2) is 0 Å². The van der Waals surface area contributed by atoms with Crippen molar-refractivity contribution in [2.75, 3.05) is 39.3 Å². The van der Waals surface area contributed by atoms with Crippen LogP contribution in [0.3, 0.4) is 0 Å². The van der Waals surface area contributed by atoms with Crippen molar-refractivity contribution in [1.82, 2.24) is 14.1 Å². The summed E-state index contributed by atoms with van der Waals surface area (Å²) < 4.78 is 28.0. The molecule has 0 aliphatic carbocycles. The van der Waals surface area contributed by atoms with E-state index in [0.717, 1.165) is 38.9 Å². The van der Waals surface area contributed by atoms with Crippen LogP contribution in [0.2, 0.25) is 0 Å². The van der Waals surface area contributed by atoms with Gasteiger partial charge in [0.25, 0.3) is 5.91 Å². The van der Waals surface area contributed by atoms with Crippen LogP contribution in [0, 0.1) is 0 Å². The molecule has 0 aromatic heterocycles. The first-order valence-electron chi connectivity index (χ1n) is 11.8. The van der Waals surface area contributed by atoms with E-state index in [4.69, 9.17) is 0 Å². The number of piperazine rings is 1. The van der Waals surface area contributed by atoms with Crippen LogP contribution >= 0.6 is 0 Å². The van der Waals surface area contributed by atoms with Gasteiger partial charge >= 0.3 is 0 Å². The highest BCUT2D eigenvalue weighted by Crippen LogP contribution is 2.26. The molecule has 0 spiro atoms. The average molecular weight is 468 g/mol. The van der Waals surface area contributed by atoms with Crippen LogP contribution in [0.15, 0.2) is 65.6 Å². The number of nitrogens with zero attached hydrogens (tertiary/aromatic N) is 3. The number of rotatable bonds is 6. The van der Waals surface area contributed by atoms with Crippen molar-refractivity contribution >= 4 is 22.0 Å². The van der Waals surface area contributed by atoms with Gasteiger partial charge in [0.1, 0.15) is 0 Å². The lowest BCUT2D eigenvalue weighted by Gasteiger charge is -2.34. The lowest BCUT2D eigenvalue weighted by atomic mass is 10.1. The van der Waals surface area contributed by atoms with Gasteiger partial charge in [-0.05, 0) is 43.5 Å². The fourth-order valence-electron chi connectivity index (χ4n) is 4.57. The Bertz CT molecular complexity index is 1080. The number of hydrogen-bond donors (Lipinski definition) is 0. The van der Waals surface area contributed by atoms with Crippen molar-refractivity contribution in [3.63, 3.8) is 0 Å². The molecule has 1 unspecified atom stereocenters. The van der Waals surface area contributed by atoms with Crippen LogP contribution in [0.4, 0.5) is 0 Å². The largest absolute Gasteiger partial charge is 0.336 e. The molecule has 0 saturated carbocycles. The van der Waals surface area contributed by atoms with Gasteiger partial charge in [0.05, 0.1) is 4.90 Å². The minimum absolute atomic E-state index is 0.00729. The van der Waals surface area contributed by atoms with E-state index in [1.54, 1.807) is 28.6 Å². The van der Waals surface area contributed by atoms with Crippen molar-refractivity contribution in [2.24, 2.45) is 0 Å². The van der Waals surface area contributed by atoms with Crippen LogP contribution in [0.25, 0.3) is 6.08 Å². The monoisotopic (exact) mass is 467 g/mol. The molecular formula is C26H33N3O3S. The topological polar surface area (TPSA) is 60.9 Å². The molecule has 4 rings (SSSR count). The summed E-state index contributed by atoms with van der Waals surface area (Å²) in [5.74, 6) is -0.0989. The van der Waals surface area contributed by atoms with Crippen molar-refractivity contribution in [3.8, 4) is 0 Å². The minimum Gasteiger partial charge on any atom is -0.336 e. The van der Waals surface area contributed by atoms with E-state index in [1.807, 2.05) is 30.0 Å². The first-order chi connectivity index (χ1) is 15.9. The third kappa shape index (κ3) is 5.72. The molecule has 0 radical (unpaired) electrons. The number of carbonyl (C=O) groups is 1. The van der Waals surface area contributed by atoms with Gasteiger partial charge in [-0.25, -0.2) is 8.42 Å². The molecule has 2 aromatic rings. The molecule has 2 heterocycles. The Morgan fingerprint density at radius 3 is 2.45 bits per heavy atom. The fraction of sp³-hybridized carbons (Fsp3) is 0.423. The number of carbonyl (C=O) groups excluding carboxylic acids is 1. The normalized spacial score (nSPS) is 20.9. The molecule has 2 fully saturated rings. The molecule has 6 nitrogen and oxygen atoms in total. The van der Waals surface area contributed by atoms with Gasteiger partial charge < -0.3 is 4.90 Å². The molecule has 1 atom stereocenters. The maximum absolute atomic E-state index is 13.2. The van der Waals surface area contributed by atoms with E-state index >= 15 is 0 Å². The number of piperidine rings is 1. The zero-order valence-corrected chi connectivity index (χ0v) is 20.1. The van der Waals surface area contributed by atoms with E-state index in [2.05, 4.69) is 29.2 Å². The van der Waals surface area contributed by atoms with Crippen LogP contribution in [-0.2, 0) is 10.0 Å². The lowest BCUT2D eigenvalue weighted by molar-refractivity contribution is 0.0650. The molecule has 1 amide bonds. The fourth-order valence-corrected chi connectivity index (χ4v) is 6.32. The summed E-state index contributed by atoms with van der Waals surface area (Å²) in [7, 11) is -3.59. The standard InChI is InChI=1S/C26H33N3O3S/c1-22-9-5-6-16-29(22)33(31,32)25-14-7-13-24(21-25)26(30)28-19-17-27(18-20-28)15-8-12-23-10-3-2-4-11-23/h2-4,7-8,10-14,21-22H,5-6,9,15-20H2,1H3. The molecule has 2 aromatic carbocycles. The zero-order valence-electron chi connectivity index (χ0n) is 19.3. The van der Waals surface area contributed by atoms with Crippen LogP contribution in [-0.4, -0.2) is 73.7 Å². The number of hydrogen-bond acceptors (Lipinski definition) is 4. The van der Waals surface area contributed by atoms with Gasteiger partial charge in [0.2, 0.25) is 10.0 Å². The average Bonchev–Trinajstić information content (AvgIpc) is 2.85. The Balaban J connectivity index is 1.36. The van der Waals surface area contributed by atoms with E-state index in [1.165, 1.54) is 5.56 Å². The minimum atomic E-state index is -3.59. The van der Waals surface area contributed by atoms with Crippen molar-refractivity contribution in [3.05, 3.63) is 71.8 Å². The first-order valence-corrected chi connectivity index (χ1v) is 13.2. The highest BCUT2D eigenvalue weighted by molar-refractivity contribution is 7.89. The van der Waals surface area contributed by atoms with E-state index in [-0.39, 0.29) is 16.8 Å². The summed E-state index contributed by atoms with van der Waals surface area (Å²) >= 11 is 0. The van der Waals surface area contributed by atoms with Crippen LogP contribution < -0.4 is 0 Å². The molecule has 176 valence electrons. The summed E-state index contributed by atoms with van der Waals surface area (Å²) in [6.07, 6.45) is 7.09. The SMILES string of the molecule is CC1CCCCN1S(=O)(=O)c1cccc(C(=O)N2CCN(CC=Cc3ccccc3)CC2)c1. The van der Waals surface area contributed by atoms with Gasteiger partial charge in [-0.3, -0.25) is 9.69 Å². The van der Waals surface area contributed by atoms with Crippen molar-refractivity contribution in [2.45, 2.75) is 37.1 Å². The van der Waals surface area contributed by atoms with Crippen molar-refractivity contribution in [1.29, 1.82) is 0 Å². The van der Waals surface area contributed by atoms with E-state index < -0.39 is 10.0 Å². The zero-order chi connectivity index (χ0) is 23.3. The molecule has 7 heteroatoms. The highest BCUT2D eigenvalue weighted by Gasteiger charge is 2.31. The van der Waals surface area contributed by atoms with Gasteiger partial charge in [-0.15, -0.1) is 0 Å². The summed E-state index contributed by atoms with van der Waals surface area (Å²) in [6, 6.07) is 16.8. The predicted molar refractivity (Wildman–Crippen MR) is 131 cm³/mol. The number of sulfonamides is 1. The maximum Gasteiger partial charge on any atom is 0.253 e. The van der Waals surface area contributed by atoms with Gasteiger partial charge in [0, 0.05) is 50.9 Å². The van der Waals surface area contributed by atoms with Crippen LogP contribution in [0.5, 0.6) is 0 Å². The Morgan fingerprint density at radius 1 is 0.970 bits per heavy atom. The molecule has 2 aliphatic rings. The summed E-state index contributed by atoms with van der Waals surface area (Å²) in [5, 5.41) is 0. The first kappa shape index (κ1) is 23.7. The smallest absolute Gasteiger partial charge is 0.253 e. The van der Waals surface area contributed by atoms with Gasteiger partial charge in [-0.1, -0.05) is 55.0 Å². The Labute approximate surface area is 197 Å². The maximum atomic E-state index is 13.2. The highest BCUT2D eigenvalue weighted by atomic mass is 32.2. The Kier molecular flexibility index (Phi) is 7.63. The van der Waals surface area contributed by atoms with Crippen molar-refractivity contribution < 1.29 is 13.2 Å².